The van der Waals surface area contributed by atoms with Crippen LogP contribution in [-0.2, 0) is 0 Å². The Morgan fingerprint density at radius 2 is 2.24 bits per heavy atom. The summed E-state index contributed by atoms with van der Waals surface area (Å²) in [5, 5.41) is 13.5. The SMILES string of the molecule is CN1CCC(O)(CN=C(N)NC2CCCC2)C1. The average molecular weight is 240 g/mol. The number of β-amino-alcohol motifs (C(OH)–C–C–N with tert-alkyl or cyclic N) is 1. The maximum atomic E-state index is 10.2. The summed E-state index contributed by atoms with van der Waals surface area (Å²) in [4.78, 5) is 6.40. The van der Waals surface area contributed by atoms with E-state index >= 15 is 0 Å². The molecule has 2 rings (SSSR count). The van der Waals surface area contributed by atoms with Crippen LogP contribution in [0.5, 0.6) is 0 Å². The van der Waals surface area contributed by atoms with E-state index in [-0.39, 0.29) is 0 Å². The number of hydrogen-bond acceptors (Lipinski definition) is 3. The van der Waals surface area contributed by atoms with Crippen molar-refractivity contribution >= 4 is 5.96 Å². The van der Waals surface area contributed by atoms with Gasteiger partial charge in [0.1, 0.15) is 0 Å². The zero-order valence-electron chi connectivity index (χ0n) is 10.7. The van der Waals surface area contributed by atoms with Gasteiger partial charge in [-0.05, 0) is 26.3 Å². The van der Waals surface area contributed by atoms with Gasteiger partial charge in [0.05, 0.1) is 12.1 Å². The molecule has 1 aliphatic carbocycles. The van der Waals surface area contributed by atoms with Crippen LogP contribution in [0.2, 0.25) is 0 Å². The molecule has 98 valence electrons. The van der Waals surface area contributed by atoms with Gasteiger partial charge in [-0.15, -0.1) is 0 Å². The summed E-state index contributed by atoms with van der Waals surface area (Å²) >= 11 is 0. The molecule has 2 fully saturated rings. The van der Waals surface area contributed by atoms with Crippen LogP contribution in [0.1, 0.15) is 32.1 Å². The number of aliphatic hydroxyl groups is 1. The van der Waals surface area contributed by atoms with Gasteiger partial charge in [0, 0.05) is 19.1 Å². The van der Waals surface area contributed by atoms with E-state index in [0.717, 1.165) is 13.0 Å². The molecule has 1 unspecified atom stereocenters. The van der Waals surface area contributed by atoms with E-state index < -0.39 is 5.60 Å². The molecule has 2 aliphatic rings. The van der Waals surface area contributed by atoms with E-state index in [1.54, 1.807) is 0 Å². The second-order valence-corrected chi connectivity index (χ2v) is 5.54. The third-order valence-electron chi connectivity index (χ3n) is 3.77. The second kappa shape index (κ2) is 5.23. The predicted molar refractivity (Wildman–Crippen MR) is 68.9 cm³/mol. The fourth-order valence-corrected chi connectivity index (χ4v) is 2.75. The normalized spacial score (nSPS) is 32.2. The molecular formula is C12H24N4O. The number of rotatable bonds is 3. The minimum absolute atomic E-state index is 0.406. The van der Waals surface area contributed by atoms with Crippen molar-refractivity contribution in [3.63, 3.8) is 0 Å². The Morgan fingerprint density at radius 3 is 2.82 bits per heavy atom. The highest BCUT2D eigenvalue weighted by Gasteiger charge is 2.34. The smallest absolute Gasteiger partial charge is 0.188 e. The van der Waals surface area contributed by atoms with Crippen molar-refractivity contribution in [3.8, 4) is 0 Å². The fourth-order valence-electron chi connectivity index (χ4n) is 2.75. The molecule has 5 heteroatoms. The van der Waals surface area contributed by atoms with E-state index in [4.69, 9.17) is 5.73 Å². The largest absolute Gasteiger partial charge is 0.387 e. The zero-order valence-corrected chi connectivity index (χ0v) is 10.7. The molecule has 4 N–H and O–H groups in total. The van der Waals surface area contributed by atoms with E-state index in [2.05, 4.69) is 15.2 Å². The highest BCUT2D eigenvalue weighted by molar-refractivity contribution is 5.78. The third-order valence-corrected chi connectivity index (χ3v) is 3.77. The highest BCUT2D eigenvalue weighted by atomic mass is 16.3. The molecular weight excluding hydrogens is 216 g/mol. The van der Waals surface area contributed by atoms with Crippen LogP contribution >= 0.6 is 0 Å². The number of nitrogens with one attached hydrogen (secondary N) is 1. The summed E-state index contributed by atoms with van der Waals surface area (Å²) < 4.78 is 0. The van der Waals surface area contributed by atoms with Crippen molar-refractivity contribution < 1.29 is 5.11 Å². The van der Waals surface area contributed by atoms with Crippen molar-refractivity contribution in [2.24, 2.45) is 10.7 Å². The first-order valence-corrected chi connectivity index (χ1v) is 6.55. The van der Waals surface area contributed by atoms with Crippen LogP contribution in [-0.4, -0.2) is 54.3 Å². The highest BCUT2D eigenvalue weighted by Crippen LogP contribution is 2.20. The number of guanidine groups is 1. The molecule has 0 aromatic heterocycles. The molecule has 5 nitrogen and oxygen atoms in total. The number of hydrogen-bond donors (Lipinski definition) is 3. The first kappa shape index (κ1) is 12.6. The Bertz CT molecular complexity index is 288. The lowest BCUT2D eigenvalue weighted by atomic mass is 10.0. The number of aliphatic imine (C=N–C) groups is 1. The summed E-state index contributed by atoms with van der Waals surface area (Å²) in [6.07, 6.45) is 5.70. The lowest BCUT2D eigenvalue weighted by Crippen LogP contribution is -2.41. The van der Waals surface area contributed by atoms with Crippen LogP contribution < -0.4 is 11.1 Å². The zero-order chi connectivity index (χ0) is 12.3. The molecule has 17 heavy (non-hydrogen) atoms. The van der Waals surface area contributed by atoms with E-state index in [1.807, 2.05) is 7.05 Å². The van der Waals surface area contributed by atoms with Crippen molar-refractivity contribution in [2.45, 2.75) is 43.7 Å². The van der Waals surface area contributed by atoms with Crippen molar-refractivity contribution in [3.05, 3.63) is 0 Å². The maximum absolute atomic E-state index is 10.2. The Labute approximate surface area is 103 Å². The Morgan fingerprint density at radius 1 is 1.53 bits per heavy atom. The average Bonchev–Trinajstić information content (AvgIpc) is 2.87. The molecule has 0 bridgehead atoms. The van der Waals surface area contributed by atoms with Crippen molar-refractivity contribution in [1.29, 1.82) is 0 Å². The Kier molecular flexibility index (Phi) is 3.89. The van der Waals surface area contributed by atoms with Gasteiger partial charge < -0.3 is 21.1 Å². The van der Waals surface area contributed by atoms with Crippen molar-refractivity contribution in [1.82, 2.24) is 10.2 Å². The molecule has 1 heterocycles. The molecule has 0 aromatic carbocycles. The van der Waals surface area contributed by atoms with Gasteiger partial charge >= 0.3 is 0 Å². The number of nitrogens with zero attached hydrogens (tertiary/aromatic N) is 2. The van der Waals surface area contributed by atoms with E-state index in [1.165, 1.54) is 25.7 Å². The Balaban J connectivity index is 1.78. The molecule has 0 radical (unpaired) electrons. The first-order valence-electron chi connectivity index (χ1n) is 6.55. The molecule has 1 atom stereocenters. The summed E-state index contributed by atoms with van der Waals surface area (Å²) in [5.41, 5.74) is 5.16. The third kappa shape index (κ3) is 3.57. The van der Waals surface area contributed by atoms with Gasteiger partial charge in [0.2, 0.25) is 0 Å². The van der Waals surface area contributed by atoms with Gasteiger partial charge in [-0.25, -0.2) is 0 Å². The first-order chi connectivity index (χ1) is 8.07. The van der Waals surface area contributed by atoms with Crippen LogP contribution in [0, 0.1) is 0 Å². The molecule has 1 saturated carbocycles. The fraction of sp³-hybridized carbons (Fsp3) is 0.917. The number of likely N-dealkylation sites (N-methyl/N-ethyl adjacent to an activating group) is 1. The van der Waals surface area contributed by atoms with Gasteiger partial charge in [-0.2, -0.15) is 0 Å². The minimum Gasteiger partial charge on any atom is -0.387 e. The van der Waals surface area contributed by atoms with Gasteiger partial charge in [0.25, 0.3) is 0 Å². The summed E-state index contributed by atoms with van der Waals surface area (Å²) in [6.45, 7) is 2.03. The second-order valence-electron chi connectivity index (χ2n) is 5.54. The maximum Gasteiger partial charge on any atom is 0.188 e. The quantitative estimate of drug-likeness (QED) is 0.476. The minimum atomic E-state index is -0.684. The number of likely N-dealkylation sites (tertiary alicyclic amines) is 1. The molecule has 0 aromatic rings. The lowest BCUT2D eigenvalue weighted by Gasteiger charge is -2.20. The van der Waals surface area contributed by atoms with Crippen LogP contribution in [0.15, 0.2) is 4.99 Å². The van der Waals surface area contributed by atoms with Crippen molar-refractivity contribution in [2.75, 3.05) is 26.7 Å². The molecule has 0 spiro atoms. The van der Waals surface area contributed by atoms with Gasteiger partial charge in [0.15, 0.2) is 5.96 Å². The molecule has 1 aliphatic heterocycles. The van der Waals surface area contributed by atoms with E-state index in [0.29, 0.717) is 25.1 Å². The van der Waals surface area contributed by atoms with Crippen LogP contribution in [0.4, 0.5) is 0 Å². The van der Waals surface area contributed by atoms with Crippen LogP contribution in [0.25, 0.3) is 0 Å². The summed E-state index contributed by atoms with van der Waals surface area (Å²) in [6, 6.07) is 0.486. The topological polar surface area (TPSA) is 73.9 Å². The number of nitrogens with two attached hydrogens (primary N) is 1. The van der Waals surface area contributed by atoms with Gasteiger partial charge in [-0.3, -0.25) is 4.99 Å². The monoisotopic (exact) mass is 240 g/mol. The predicted octanol–water partition coefficient (Wildman–Crippen LogP) is -0.100. The standard InChI is InChI=1S/C12H24N4O/c1-16-7-6-12(17,9-16)8-14-11(13)15-10-4-2-3-5-10/h10,17H,2-9H2,1H3,(H3,13,14,15). The molecule has 0 amide bonds. The van der Waals surface area contributed by atoms with E-state index in [9.17, 15) is 5.11 Å². The lowest BCUT2D eigenvalue weighted by molar-refractivity contribution is 0.0614. The van der Waals surface area contributed by atoms with Crippen LogP contribution in [0.3, 0.4) is 0 Å². The van der Waals surface area contributed by atoms with Gasteiger partial charge in [-0.1, -0.05) is 12.8 Å². The Hall–Kier alpha value is -0.810. The summed E-state index contributed by atoms with van der Waals surface area (Å²) in [7, 11) is 2.02. The summed E-state index contributed by atoms with van der Waals surface area (Å²) in [5.74, 6) is 0.486. The molecule has 1 saturated heterocycles.